The van der Waals surface area contributed by atoms with Gasteiger partial charge in [-0.05, 0) is 36.4 Å². The minimum atomic E-state index is -0.938. The van der Waals surface area contributed by atoms with Crippen molar-refractivity contribution in [2.45, 2.75) is 0 Å². The number of amides is 4. The molecule has 0 spiro atoms. The van der Waals surface area contributed by atoms with E-state index in [-0.39, 0.29) is 0 Å². The highest BCUT2D eigenvalue weighted by Gasteiger charge is 2.10. The van der Waals surface area contributed by atoms with Gasteiger partial charge < -0.3 is 16.4 Å². The summed E-state index contributed by atoms with van der Waals surface area (Å²) in [5.74, 6) is 0. The summed E-state index contributed by atoms with van der Waals surface area (Å²) in [5, 5.41) is 1.58. The lowest BCUT2D eigenvalue weighted by atomic mass is 10.2. The molecule has 0 saturated heterocycles. The van der Waals surface area contributed by atoms with E-state index < -0.39 is 12.1 Å². The van der Waals surface area contributed by atoms with Crippen LogP contribution in [0, 0.1) is 0 Å². The van der Waals surface area contributed by atoms with E-state index in [0.717, 1.165) is 0 Å². The highest BCUT2D eigenvalue weighted by atomic mass is 16.2. The number of nitrogens with two attached hydrogens (primary N) is 2. The van der Waals surface area contributed by atoms with Gasteiger partial charge in [0.1, 0.15) is 0 Å². The average Bonchev–Trinajstić information content (AvgIpc) is 2.64. The Bertz CT molecular complexity index is 718. The normalized spacial score (nSPS) is 9.38. The number of urea groups is 2. The van der Waals surface area contributed by atoms with E-state index in [4.69, 9.17) is 0 Å². The van der Waals surface area contributed by atoms with Crippen molar-refractivity contribution in [2.24, 2.45) is 11.5 Å². The highest BCUT2D eigenvalue weighted by molar-refractivity contribution is 5.91. The lowest BCUT2D eigenvalue weighted by molar-refractivity contribution is 0.236. The van der Waals surface area contributed by atoms with Crippen LogP contribution in [0.5, 0.6) is 0 Å². The molecule has 0 heterocycles. The molecule has 0 fully saturated rings. The van der Waals surface area contributed by atoms with Gasteiger partial charge in [0.2, 0.25) is 0 Å². The molecule has 0 aliphatic rings. The summed E-state index contributed by atoms with van der Waals surface area (Å²) in [6.45, 7) is 0. The minimum Gasteiger partial charge on any atom is -0.351 e. The number of rotatable bonds is 3. The molecule has 0 radical (unpaired) electrons. The molecule has 0 atom stereocenters. The second-order valence-corrected chi connectivity index (χ2v) is 5.20. The lowest BCUT2D eigenvalue weighted by Gasteiger charge is -2.25. The van der Waals surface area contributed by atoms with Crippen molar-refractivity contribution in [3.63, 3.8) is 0 Å². The predicted octanol–water partition coefficient (Wildman–Crippen LogP) is 3.89. The molecule has 3 rings (SSSR count). The Morgan fingerprint density at radius 3 is 1.04 bits per heavy atom. The third-order valence-electron chi connectivity index (χ3n) is 3.29. The first kappa shape index (κ1) is 18.5. The van der Waals surface area contributed by atoms with Crippen molar-refractivity contribution < 1.29 is 9.59 Å². The van der Waals surface area contributed by atoms with Crippen LogP contribution in [0.25, 0.3) is 0 Å². The Labute approximate surface area is 152 Å². The van der Waals surface area contributed by atoms with E-state index in [1.807, 2.05) is 18.2 Å². The summed E-state index contributed by atoms with van der Waals surface area (Å²) in [6.07, 6.45) is 0. The molecule has 132 valence electrons. The molecule has 0 aliphatic heterocycles. The van der Waals surface area contributed by atoms with Crippen molar-refractivity contribution in [3.8, 4) is 0 Å². The molecule has 4 amide bonds. The van der Waals surface area contributed by atoms with Crippen LogP contribution < -0.4 is 21.7 Å². The summed E-state index contributed by atoms with van der Waals surface area (Å²) in [6, 6.07) is 29.4. The number of imide groups is 1. The van der Waals surface area contributed by atoms with E-state index in [2.05, 4.69) is 89.2 Å². The molecular formula is C20H20N4O2. The number of nitrogens with zero attached hydrogens (tertiary/aromatic N) is 1. The predicted molar refractivity (Wildman–Crippen MR) is 103 cm³/mol. The zero-order chi connectivity index (χ0) is 18.8. The van der Waals surface area contributed by atoms with Crippen LogP contribution >= 0.6 is 0 Å². The summed E-state index contributed by atoms with van der Waals surface area (Å²) >= 11 is 0. The third-order valence-corrected chi connectivity index (χ3v) is 3.29. The fourth-order valence-electron chi connectivity index (χ4n) is 2.30. The second kappa shape index (κ2) is 9.48. The van der Waals surface area contributed by atoms with Crippen LogP contribution in [-0.4, -0.2) is 12.1 Å². The zero-order valence-corrected chi connectivity index (χ0v) is 14.1. The van der Waals surface area contributed by atoms with Gasteiger partial charge in [-0.3, -0.25) is 5.32 Å². The van der Waals surface area contributed by atoms with Crippen molar-refractivity contribution >= 4 is 29.1 Å². The topological polar surface area (TPSA) is 101 Å². The van der Waals surface area contributed by atoms with Gasteiger partial charge in [-0.15, -0.1) is 0 Å². The fraction of sp³-hybridized carbons (Fsp3) is 0. The number of hydrogen-bond donors (Lipinski definition) is 3. The molecule has 0 aliphatic carbocycles. The highest BCUT2D eigenvalue weighted by Crippen LogP contribution is 2.33. The number of carbonyl (C=O) groups excluding carboxylic acids is 2. The Morgan fingerprint density at radius 2 is 0.846 bits per heavy atom. The zero-order valence-electron chi connectivity index (χ0n) is 14.1. The molecule has 6 nitrogen and oxygen atoms in total. The van der Waals surface area contributed by atoms with E-state index in [0.29, 0.717) is 0 Å². The van der Waals surface area contributed by atoms with Crippen LogP contribution in [0.3, 0.4) is 0 Å². The quantitative estimate of drug-likeness (QED) is 0.669. The Balaban J connectivity index is 0.000000298. The molecule has 0 saturated carbocycles. The summed E-state index contributed by atoms with van der Waals surface area (Å²) in [5.41, 5.74) is 12.4. The lowest BCUT2D eigenvalue weighted by Crippen LogP contribution is -2.38. The Kier molecular flexibility index (Phi) is 6.76. The molecule has 0 aromatic heterocycles. The van der Waals surface area contributed by atoms with Crippen LogP contribution in [0.15, 0.2) is 91.0 Å². The number of carbonyl (C=O) groups is 2. The standard InChI is InChI=1S/C18H15N.C2H5N3O2/c1-4-10-16(11-5-1)19(17-12-6-2-7-13-17)18-14-8-3-9-15-18;3-1(6)5-2(4)7/h1-15H;(H5,3,4,5,6,7). The van der Waals surface area contributed by atoms with E-state index in [9.17, 15) is 9.59 Å². The first-order valence-corrected chi connectivity index (χ1v) is 7.89. The van der Waals surface area contributed by atoms with E-state index in [1.165, 1.54) is 17.1 Å². The largest absolute Gasteiger partial charge is 0.351 e. The van der Waals surface area contributed by atoms with E-state index in [1.54, 1.807) is 5.32 Å². The van der Waals surface area contributed by atoms with Gasteiger partial charge in [0.15, 0.2) is 0 Å². The number of para-hydroxylation sites is 3. The van der Waals surface area contributed by atoms with Gasteiger partial charge in [-0.2, -0.15) is 0 Å². The van der Waals surface area contributed by atoms with Crippen LogP contribution in [0.4, 0.5) is 26.7 Å². The molecule has 3 aromatic rings. The number of primary amides is 2. The number of nitrogens with one attached hydrogen (secondary N) is 1. The maximum Gasteiger partial charge on any atom is 0.320 e. The first-order valence-electron chi connectivity index (χ1n) is 7.89. The molecule has 26 heavy (non-hydrogen) atoms. The molecule has 6 heteroatoms. The fourth-order valence-corrected chi connectivity index (χ4v) is 2.30. The van der Waals surface area contributed by atoms with Gasteiger partial charge in [0, 0.05) is 17.1 Å². The van der Waals surface area contributed by atoms with Gasteiger partial charge in [0.25, 0.3) is 0 Å². The minimum absolute atomic E-state index is 0.937. The van der Waals surface area contributed by atoms with Crippen molar-refractivity contribution in [1.82, 2.24) is 5.32 Å². The van der Waals surface area contributed by atoms with E-state index >= 15 is 0 Å². The van der Waals surface area contributed by atoms with Gasteiger partial charge in [0.05, 0.1) is 0 Å². The number of hydrogen-bond acceptors (Lipinski definition) is 3. The van der Waals surface area contributed by atoms with Crippen molar-refractivity contribution in [2.75, 3.05) is 4.90 Å². The number of anilines is 3. The summed E-state index contributed by atoms with van der Waals surface area (Å²) in [4.78, 5) is 21.5. The molecule has 3 aromatic carbocycles. The maximum atomic E-state index is 9.62. The summed E-state index contributed by atoms with van der Waals surface area (Å²) in [7, 11) is 0. The van der Waals surface area contributed by atoms with Crippen LogP contribution in [-0.2, 0) is 0 Å². The van der Waals surface area contributed by atoms with Crippen molar-refractivity contribution in [1.29, 1.82) is 0 Å². The van der Waals surface area contributed by atoms with Gasteiger partial charge in [-0.1, -0.05) is 54.6 Å². The smallest absolute Gasteiger partial charge is 0.320 e. The van der Waals surface area contributed by atoms with Crippen molar-refractivity contribution in [3.05, 3.63) is 91.0 Å². The third kappa shape index (κ3) is 5.68. The Hall–Kier alpha value is -3.80. The first-order chi connectivity index (χ1) is 12.6. The Morgan fingerprint density at radius 1 is 0.577 bits per heavy atom. The van der Waals surface area contributed by atoms with Crippen LogP contribution in [0.2, 0.25) is 0 Å². The molecular weight excluding hydrogens is 328 g/mol. The molecule has 0 unspecified atom stereocenters. The summed E-state index contributed by atoms with van der Waals surface area (Å²) < 4.78 is 0. The average molecular weight is 348 g/mol. The monoisotopic (exact) mass is 348 g/mol. The SMILES string of the molecule is NC(=O)NC(N)=O.c1ccc(N(c2ccccc2)c2ccccc2)cc1. The molecule has 5 N–H and O–H groups in total. The van der Waals surface area contributed by atoms with Gasteiger partial charge in [-0.25, -0.2) is 9.59 Å². The second-order valence-electron chi connectivity index (χ2n) is 5.20. The number of benzene rings is 3. The van der Waals surface area contributed by atoms with Crippen LogP contribution in [0.1, 0.15) is 0 Å². The van der Waals surface area contributed by atoms with Gasteiger partial charge >= 0.3 is 12.1 Å². The maximum absolute atomic E-state index is 9.62. The molecule has 0 bridgehead atoms.